The first-order valence-electron chi connectivity index (χ1n) is 7.96. The molecule has 0 spiro atoms. The fourth-order valence-corrected chi connectivity index (χ4v) is 3.82. The Morgan fingerprint density at radius 2 is 2.13 bits per heavy atom. The Morgan fingerprint density at radius 3 is 2.78 bits per heavy atom. The van der Waals surface area contributed by atoms with Crippen molar-refractivity contribution in [2.45, 2.75) is 38.8 Å². The third kappa shape index (κ3) is 3.79. The molecule has 1 aromatic heterocycles. The first-order chi connectivity index (χ1) is 11.2. The van der Waals surface area contributed by atoms with Crippen molar-refractivity contribution in [1.82, 2.24) is 10.3 Å². The van der Waals surface area contributed by atoms with Crippen LogP contribution >= 0.6 is 11.3 Å². The van der Waals surface area contributed by atoms with Crippen LogP contribution in [0.2, 0.25) is 0 Å². The van der Waals surface area contributed by atoms with E-state index in [0.717, 1.165) is 36.4 Å². The van der Waals surface area contributed by atoms with Crippen molar-refractivity contribution >= 4 is 17.2 Å². The second kappa shape index (κ2) is 7.23. The lowest BCUT2D eigenvalue weighted by atomic mass is 9.64. The lowest BCUT2D eigenvalue weighted by Crippen LogP contribution is -2.46. The third-order valence-corrected chi connectivity index (χ3v) is 5.35. The number of nitrogens with zero attached hydrogens (tertiary/aromatic N) is 1. The zero-order chi connectivity index (χ0) is 16.1. The highest BCUT2D eigenvalue weighted by Crippen LogP contribution is 2.44. The van der Waals surface area contributed by atoms with Crippen LogP contribution in [0.4, 0.5) is 0 Å². The third-order valence-electron chi connectivity index (χ3n) is 4.47. The lowest BCUT2D eigenvalue weighted by molar-refractivity contribution is -0.136. The van der Waals surface area contributed by atoms with E-state index < -0.39 is 0 Å². The van der Waals surface area contributed by atoms with Gasteiger partial charge in [0.1, 0.15) is 5.01 Å². The van der Waals surface area contributed by atoms with E-state index in [2.05, 4.69) is 22.4 Å². The number of rotatable bonds is 7. The van der Waals surface area contributed by atoms with Crippen LogP contribution in [0.1, 0.15) is 35.5 Å². The normalized spacial score (nSPS) is 15.9. The largest absolute Gasteiger partial charge is 0.378 e. The average Bonchev–Trinajstić information content (AvgIpc) is 2.98. The molecule has 2 aromatic rings. The molecule has 0 atom stereocenters. The first-order valence-corrected chi connectivity index (χ1v) is 8.84. The molecule has 5 heteroatoms. The van der Waals surface area contributed by atoms with Gasteiger partial charge in [0, 0.05) is 12.5 Å². The minimum absolute atomic E-state index is 0.161. The summed E-state index contributed by atoms with van der Waals surface area (Å²) < 4.78 is 5.07. The molecule has 0 saturated heterocycles. The Kier molecular flexibility index (Phi) is 5.08. The summed E-state index contributed by atoms with van der Waals surface area (Å²) >= 11 is 1.57. The van der Waals surface area contributed by atoms with Gasteiger partial charge in [0.15, 0.2) is 0 Å². The highest BCUT2D eigenvalue weighted by Gasteiger charge is 2.43. The quantitative estimate of drug-likeness (QED) is 0.847. The number of methoxy groups -OCH3 is 1. The second-order valence-corrected chi connectivity index (χ2v) is 7.09. The predicted molar refractivity (Wildman–Crippen MR) is 91.1 cm³/mol. The summed E-state index contributed by atoms with van der Waals surface area (Å²) in [5, 5.41) is 6.01. The van der Waals surface area contributed by atoms with E-state index in [0.29, 0.717) is 13.2 Å². The molecular weight excluding hydrogens is 308 g/mol. The topological polar surface area (TPSA) is 51.2 Å². The number of aromatic nitrogens is 1. The summed E-state index contributed by atoms with van der Waals surface area (Å²) in [5.41, 5.74) is 1.91. The minimum atomic E-state index is -0.229. The van der Waals surface area contributed by atoms with E-state index in [1.807, 2.05) is 23.6 Å². The molecule has 0 radical (unpaired) electrons. The molecular formula is C18H22N2O2S. The van der Waals surface area contributed by atoms with Crippen LogP contribution in [0.5, 0.6) is 0 Å². The van der Waals surface area contributed by atoms with Crippen LogP contribution in [-0.4, -0.2) is 18.0 Å². The molecule has 3 rings (SSSR count). The van der Waals surface area contributed by atoms with Crippen LogP contribution in [-0.2, 0) is 29.1 Å². The molecule has 122 valence electrons. The summed E-state index contributed by atoms with van der Waals surface area (Å²) in [4.78, 5) is 17.2. The van der Waals surface area contributed by atoms with Gasteiger partial charge in [-0.25, -0.2) is 4.98 Å². The molecule has 1 aromatic carbocycles. The first kappa shape index (κ1) is 16.1. The van der Waals surface area contributed by atoms with Gasteiger partial charge in [-0.3, -0.25) is 4.79 Å². The van der Waals surface area contributed by atoms with Gasteiger partial charge in [-0.05, 0) is 24.8 Å². The molecule has 1 saturated carbocycles. The average molecular weight is 330 g/mol. The molecule has 23 heavy (non-hydrogen) atoms. The fraction of sp³-hybridized carbons (Fsp3) is 0.444. The standard InChI is InChI=1S/C18H22N2O2S/c1-22-12-16-20-15(13-23-16)11-19-17(21)18(8-5-9-18)10-14-6-3-2-4-7-14/h2-4,6-7,13H,5,8-12H2,1H3,(H,19,21). The molecule has 1 fully saturated rings. The van der Waals surface area contributed by atoms with Gasteiger partial charge in [-0.15, -0.1) is 11.3 Å². The van der Waals surface area contributed by atoms with Crippen molar-refractivity contribution in [3.63, 3.8) is 0 Å². The summed E-state index contributed by atoms with van der Waals surface area (Å²) in [6, 6.07) is 10.3. The van der Waals surface area contributed by atoms with Crippen LogP contribution in [0.25, 0.3) is 0 Å². The molecule has 0 aliphatic heterocycles. The monoisotopic (exact) mass is 330 g/mol. The minimum Gasteiger partial charge on any atom is -0.378 e. The number of amides is 1. The van der Waals surface area contributed by atoms with Crippen LogP contribution in [0.15, 0.2) is 35.7 Å². The van der Waals surface area contributed by atoms with Gasteiger partial charge in [0.2, 0.25) is 5.91 Å². The maximum atomic E-state index is 12.7. The van der Waals surface area contributed by atoms with Crippen LogP contribution in [0, 0.1) is 5.41 Å². The molecule has 0 bridgehead atoms. The van der Waals surface area contributed by atoms with Gasteiger partial charge in [0.25, 0.3) is 0 Å². The Hall–Kier alpha value is -1.72. The van der Waals surface area contributed by atoms with Crippen molar-refractivity contribution < 1.29 is 9.53 Å². The van der Waals surface area contributed by atoms with Gasteiger partial charge in [-0.2, -0.15) is 0 Å². The van der Waals surface area contributed by atoms with Gasteiger partial charge in [0.05, 0.1) is 24.3 Å². The second-order valence-electron chi connectivity index (χ2n) is 6.14. The van der Waals surface area contributed by atoms with Gasteiger partial charge < -0.3 is 10.1 Å². The van der Waals surface area contributed by atoms with Gasteiger partial charge >= 0.3 is 0 Å². The fourth-order valence-electron chi connectivity index (χ4n) is 3.05. The molecule has 1 heterocycles. The van der Waals surface area contributed by atoms with Crippen LogP contribution in [0.3, 0.4) is 0 Å². The van der Waals surface area contributed by atoms with E-state index in [1.54, 1.807) is 18.4 Å². The Labute approximate surface area is 140 Å². The molecule has 1 N–H and O–H groups in total. The maximum Gasteiger partial charge on any atom is 0.226 e. The zero-order valence-corrected chi connectivity index (χ0v) is 14.2. The van der Waals surface area contributed by atoms with E-state index in [9.17, 15) is 4.79 Å². The zero-order valence-electron chi connectivity index (χ0n) is 13.4. The van der Waals surface area contributed by atoms with Crippen molar-refractivity contribution in [1.29, 1.82) is 0 Å². The van der Waals surface area contributed by atoms with E-state index in [-0.39, 0.29) is 11.3 Å². The number of hydrogen-bond acceptors (Lipinski definition) is 4. The number of carbonyl (C=O) groups is 1. The SMILES string of the molecule is COCc1nc(CNC(=O)C2(Cc3ccccc3)CCC2)cs1. The number of thiazole rings is 1. The van der Waals surface area contributed by atoms with Crippen molar-refractivity contribution in [3.05, 3.63) is 52.0 Å². The number of hydrogen-bond donors (Lipinski definition) is 1. The molecule has 1 aliphatic rings. The predicted octanol–water partition coefficient (Wildman–Crippen LogP) is 3.32. The molecule has 0 unspecified atom stereocenters. The van der Waals surface area contributed by atoms with E-state index in [1.165, 1.54) is 5.56 Å². The summed E-state index contributed by atoms with van der Waals surface area (Å²) in [7, 11) is 1.66. The van der Waals surface area contributed by atoms with Crippen molar-refractivity contribution in [2.24, 2.45) is 5.41 Å². The van der Waals surface area contributed by atoms with Crippen molar-refractivity contribution in [3.8, 4) is 0 Å². The van der Waals surface area contributed by atoms with E-state index in [4.69, 9.17) is 4.74 Å². The Morgan fingerprint density at radius 1 is 1.35 bits per heavy atom. The number of ether oxygens (including phenoxy) is 1. The molecule has 4 nitrogen and oxygen atoms in total. The summed E-state index contributed by atoms with van der Waals surface area (Å²) in [5.74, 6) is 0.161. The lowest BCUT2D eigenvalue weighted by Gasteiger charge is -2.40. The smallest absolute Gasteiger partial charge is 0.226 e. The molecule has 1 amide bonds. The Balaban J connectivity index is 1.59. The highest BCUT2D eigenvalue weighted by atomic mass is 32.1. The summed E-state index contributed by atoms with van der Waals surface area (Å²) in [6.07, 6.45) is 3.90. The molecule has 1 aliphatic carbocycles. The number of carbonyl (C=O) groups excluding carboxylic acids is 1. The Bertz CT molecular complexity index is 650. The van der Waals surface area contributed by atoms with Crippen LogP contribution < -0.4 is 5.32 Å². The highest BCUT2D eigenvalue weighted by molar-refractivity contribution is 7.09. The maximum absolute atomic E-state index is 12.7. The summed E-state index contributed by atoms with van der Waals surface area (Å²) in [6.45, 7) is 1.02. The van der Waals surface area contributed by atoms with E-state index >= 15 is 0 Å². The van der Waals surface area contributed by atoms with Gasteiger partial charge in [-0.1, -0.05) is 36.8 Å². The van der Waals surface area contributed by atoms with Crippen molar-refractivity contribution in [2.75, 3.05) is 7.11 Å². The number of benzene rings is 1. The number of nitrogens with one attached hydrogen (secondary N) is 1.